The first-order valence-corrected chi connectivity index (χ1v) is 10.4. The molecule has 0 aliphatic heterocycles. The van der Waals surface area contributed by atoms with Gasteiger partial charge in [-0.1, -0.05) is 30.3 Å². The van der Waals surface area contributed by atoms with Gasteiger partial charge in [0, 0.05) is 48.5 Å². The maximum atomic E-state index is 5.86. The number of nitrogens with one attached hydrogen (secondary N) is 1. The Labute approximate surface area is 194 Å². The van der Waals surface area contributed by atoms with Crippen LogP contribution in [-0.4, -0.2) is 21.5 Å². The lowest BCUT2D eigenvalue weighted by atomic mass is 10.00. The van der Waals surface area contributed by atoms with Gasteiger partial charge in [0.25, 0.3) is 0 Å². The smallest absolute Gasteiger partial charge is 0.223 e. The summed E-state index contributed by atoms with van der Waals surface area (Å²) in [7, 11) is 0. The summed E-state index contributed by atoms with van der Waals surface area (Å²) in [6, 6.07) is 20.1. The molecule has 0 atom stereocenters. The van der Waals surface area contributed by atoms with Crippen molar-refractivity contribution in [1.29, 1.82) is 0 Å². The average Bonchev–Trinajstić information content (AvgIpc) is 2.82. The van der Waals surface area contributed by atoms with Crippen LogP contribution in [0.25, 0.3) is 22.4 Å². The fraction of sp³-hybridized carbons (Fsp3) is 0.160. The quantitative estimate of drug-likeness (QED) is 0.267. The zero-order valence-corrected chi connectivity index (χ0v) is 18.6. The summed E-state index contributed by atoms with van der Waals surface area (Å²) < 4.78 is 0. The van der Waals surface area contributed by atoms with Crippen molar-refractivity contribution in [3.05, 3.63) is 90.4 Å². The number of nitrogens with two attached hydrogens (primary N) is 2. The Morgan fingerprint density at radius 3 is 2.44 bits per heavy atom. The highest BCUT2D eigenvalue weighted by Crippen LogP contribution is 2.31. The fourth-order valence-corrected chi connectivity index (χ4v) is 3.52. The molecule has 2 aromatic heterocycles. The van der Waals surface area contributed by atoms with E-state index >= 15 is 0 Å². The second-order valence-electron chi connectivity index (χ2n) is 7.37. The minimum atomic E-state index is 0. The van der Waals surface area contributed by atoms with Gasteiger partial charge >= 0.3 is 0 Å². The van der Waals surface area contributed by atoms with E-state index in [4.69, 9.17) is 16.5 Å². The van der Waals surface area contributed by atoms with Gasteiger partial charge in [-0.25, -0.2) is 9.97 Å². The molecule has 0 saturated carbocycles. The fourth-order valence-electron chi connectivity index (χ4n) is 3.52. The van der Waals surface area contributed by atoms with Crippen LogP contribution in [0.4, 0.5) is 11.6 Å². The highest BCUT2D eigenvalue weighted by Gasteiger charge is 2.12. The SMILES string of the molecule is Cl.NCc1cccc(-c2cnc(NCCCc3cccc(N)c3)nc2-c2ccncc2)c1. The summed E-state index contributed by atoms with van der Waals surface area (Å²) in [4.78, 5) is 13.5. The second-order valence-corrected chi connectivity index (χ2v) is 7.37. The van der Waals surface area contributed by atoms with Crippen molar-refractivity contribution in [3.8, 4) is 22.4 Å². The molecule has 164 valence electrons. The molecule has 2 aromatic carbocycles. The van der Waals surface area contributed by atoms with Crippen molar-refractivity contribution in [1.82, 2.24) is 15.0 Å². The first-order chi connectivity index (χ1) is 15.2. The largest absolute Gasteiger partial charge is 0.399 e. The van der Waals surface area contributed by atoms with E-state index in [0.717, 1.165) is 53.0 Å². The summed E-state index contributed by atoms with van der Waals surface area (Å²) in [6.07, 6.45) is 7.32. The third kappa shape index (κ3) is 5.81. The molecule has 32 heavy (non-hydrogen) atoms. The first-order valence-electron chi connectivity index (χ1n) is 10.4. The van der Waals surface area contributed by atoms with Crippen LogP contribution < -0.4 is 16.8 Å². The molecule has 0 radical (unpaired) electrons. The number of nitrogens with zero attached hydrogens (tertiary/aromatic N) is 3. The molecule has 6 nitrogen and oxygen atoms in total. The van der Waals surface area contributed by atoms with Gasteiger partial charge in [0.1, 0.15) is 0 Å². The molecule has 5 N–H and O–H groups in total. The van der Waals surface area contributed by atoms with Crippen molar-refractivity contribution in [2.75, 3.05) is 17.6 Å². The zero-order valence-electron chi connectivity index (χ0n) is 17.7. The normalized spacial score (nSPS) is 10.4. The van der Waals surface area contributed by atoms with Crippen molar-refractivity contribution >= 4 is 24.0 Å². The lowest BCUT2D eigenvalue weighted by Gasteiger charge is -2.12. The van der Waals surface area contributed by atoms with E-state index in [1.165, 1.54) is 5.56 Å². The Kier molecular flexibility index (Phi) is 8.14. The maximum absolute atomic E-state index is 5.86. The van der Waals surface area contributed by atoms with Gasteiger partial charge in [-0.3, -0.25) is 4.98 Å². The Bertz CT molecular complexity index is 1150. The molecule has 4 rings (SSSR count). The van der Waals surface area contributed by atoms with Crippen molar-refractivity contribution < 1.29 is 0 Å². The van der Waals surface area contributed by atoms with Gasteiger partial charge in [0.2, 0.25) is 5.95 Å². The molecule has 7 heteroatoms. The molecule has 0 aliphatic rings. The number of hydrogen-bond donors (Lipinski definition) is 3. The number of pyridine rings is 1. The molecule has 0 spiro atoms. The Balaban J connectivity index is 0.00000289. The number of anilines is 2. The number of rotatable bonds is 8. The first kappa shape index (κ1) is 23.2. The van der Waals surface area contributed by atoms with Crippen LogP contribution in [0.1, 0.15) is 17.5 Å². The third-order valence-corrected chi connectivity index (χ3v) is 5.09. The summed E-state index contributed by atoms with van der Waals surface area (Å²) in [6.45, 7) is 1.26. The molecule has 0 saturated heterocycles. The molecule has 0 amide bonds. The maximum Gasteiger partial charge on any atom is 0.223 e. The van der Waals surface area contributed by atoms with Crippen molar-refractivity contribution in [2.24, 2.45) is 5.73 Å². The van der Waals surface area contributed by atoms with Crippen molar-refractivity contribution in [2.45, 2.75) is 19.4 Å². The number of aromatic nitrogens is 3. The average molecular weight is 447 g/mol. The highest BCUT2D eigenvalue weighted by atomic mass is 35.5. The van der Waals surface area contributed by atoms with Crippen LogP contribution in [-0.2, 0) is 13.0 Å². The molecule has 2 heterocycles. The van der Waals surface area contributed by atoms with Gasteiger partial charge in [-0.2, -0.15) is 0 Å². The van der Waals surface area contributed by atoms with Crippen LogP contribution in [0, 0.1) is 0 Å². The topological polar surface area (TPSA) is 103 Å². The highest BCUT2D eigenvalue weighted by molar-refractivity contribution is 5.85. The lowest BCUT2D eigenvalue weighted by Crippen LogP contribution is -2.07. The van der Waals surface area contributed by atoms with Gasteiger partial charge < -0.3 is 16.8 Å². The summed E-state index contributed by atoms with van der Waals surface area (Å²) >= 11 is 0. The van der Waals surface area contributed by atoms with E-state index in [2.05, 4.69) is 33.5 Å². The van der Waals surface area contributed by atoms with Crippen LogP contribution in [0.15, 0.2) is 79.3 Å². The van der Waals surface area contributed by atoms with Crippen LogP contribution in [0.2, 0.25) is 0 Å². The number of aryl methyl sites for hydroxylation is 1. The summed E-state index contributed by atoms with van der Waals surface area (Å²) in [5, 5.41) is 3.35. The van der Waals surface area contributed by atoms with E-state index in [1.54, 1.807) is 12.4 Å². The van der Waals surface area contributed by atoms with E-state index in [1.807, 2.05) is 48.7 Å². The molecular formula is C25H27ClN6. The van der Waals surface area contributed by atoms with E-state index < -0.39 is 0 Å². The van der Waals surface area contributed by atoms with Gasteiger partial charge in [-0.15, -0.1) is 12.4 Å². The molecule has 4 aromatic rings. The summed E-state index contributed by atoms with van der Waals surface area (Å²) in [5.41, 5.74) is 18.7. The van der Waals surface area contributed by atoms with E-state index in [9.17, 15) is 0 Å². The lowest BCUT2D eigenvalue weighted by molar-refractivity contribution is 0.853. The van der Waals surface area contributed by atoms with Crippen LogP contribution in [0.5, 0.6) is 0 Å². The Morgan fingerprint density at radius 2 is 1.66 bits per heavy atom. The third-order valence-electron chi connectivity index (χ3n) is 5.09. The minimum Gasteiger partial charge on any atom is -0.399 e. The molecule has 0 aliphatic carbocycles. The Hall–Kier alpha value is -3.48. The molecule has 0 bridgehead atoms. The zero-order chi connectivity index (χ0) is 21.5. The predicted molar refractivity (Wildman–Crippen MR) is 134 cm³/mol. The number of nitrogen functional groups attached to an aromatic ring is 1. The number of benzene rings is 2. The Morgan fingerprint density at radius 1 is 0.875 bits per heavy atom. The molecular weight excluding hydrogens is 420 g/mol. The molecule has 0 unspecified atom stereocenters. The van der Waals surface area contributed by atoms with Gasteiger partial charge in [-0.05, 0) is 59.9 Å². The number of halogens is 1. The summed E-state index contributed by atoms with van der Waals surface area (Å²) in [5.74, 6) is 0.609. The van der Waals surface area contributed by atoms with Crippen LogP contribution >= 0.6 is 12.4 Å². The molecule has 0 fully saturated rings. The minimum absolute atomic E-state index is 0. The van der Waals surface area contributed by atoms with Crippen molar-refractivity contribution in [3.63, 3.8) is 0 Å². The van der Waals surface area contributed by atoms with Gasteiger partial charge in [0.05, 0.1) is 5.69 Å². The van der Waals surface area contributed by atoms with Crippen LogP contribution in [0.3, 0.4) is 0 Å². The number of hydrogen-bond acceptors (Lipinski definition) is 6. The standard InChI is InChI=1S/C25H26N6.ClH/c26-16-19-5-1-7-21(14-19)23-17-30-25(31-24(23)20-9-12-28-13-10-20)29-11-3-6-18-4-2-8-22(27)15-18;/h1-2,4-5,7-10,12-15,17H,3,6,11,16,26-27H2,(H,29,30,31);1H. The monoisotopic (exact) mass is 446 g/mol. The van der Waals surface area contributed by atoms with E-state index in [-0.39, 0.29) is 12.4 Å². The predicted octanol–water partition coefficient (Wildman–Crippen LogP) is 4.71. The second kappa shape index (κ2) is 11.2. The van der Waals surface area contributed by atoms with E-state index in [0.29, 0.717) is 12.5 Å². The van der Waals surface area contributed by atoms with Gasteiger partial charge in [0.15, 0.2) is 0 Å².